The van der Waals surface area contributed by atoms with E-state index in [2.05, 4.69) is 34.6 Å². The van der Waals surface area contributed by atoms with Gasteiger partial charge in [0.25, 0.3) is 0 Å². The molecule has 0 radical (unpaired) electrons. The zero-order chi connectivity index (χ0) is 26.0. The van der Waals surface area contributed by atoms with Crippen LogP contribution in [-0.4, -0.2) is 29.9 Å². The maximum Gasteiger partial charge on any atom is 0.302 e. The monoisotopic (exact) mass is 488 g/mol. The number of hydrogen-bond acceptors (Lipinski definition) is 5. The maximum absolute atomic E-state index is 12.7. The minimum absolute atomic E-state index is 0.0583. The number of hydrogen-bond donors (Lipinski definition) is 0. The molecule has 4 saturated carbocycles. The summed E-state index contributed by atoms with van der Waals surface area (Å²) in [7, 11) is 0. The predicted octanol–water partition coefficient (Wildman–Crippen LogP) is 6.51. The van der Waals surface area contributed by atoms with Crippen LogP contribution >= 0.6 is 0 Å². The number of Topliss-reactive ketones (excluding diaryl/α,β-unsaturated/α-hetero) is 1. The van der Waals surface area contributed by atoms with E-state index >= 15 is 0 Å². The Hall–Kier alpha value is -1.39. The molecule has 5 heteroatoms. The Labute approximate surface area is 212 Å². The fraction of sp³-hybridized carbons (Fsp3) is 0.900. The molecule has 4 aliphatic rings. The quantitative estimate of drug-likeness (QED) is 0.422. The van der Waals surface area contributed by atoms with Gasteiger partial charge in [-0.15, -0.1) is 0 Å². The number of carbonyl (C=O) groups excluding carboxylic acids is 3. The molecule has 0 aliphatic heterocycles. The highest BCUT2D eigenvalue weighted by Gasteiger charge is 2.69. The van der Waals surface area contributed by atoms with Crippen molar-refractivity contribution in [3.63, 3.8) is 0 Å². The van der Waals surface area contributed by atoms with Gasteiger partial charge in [0.05, 0.1) is 5.92 Å². The van der Waals surface area contributed by atoms with Crippen molar-refractivity contribution in [3.8, 4) is 0 Å². The predicted molar refractivity (Wildman–Crippen MR) is 135 cm³/mol. The molecule has 10 atom stereocenters. The van der Waals surface area contributed by atoms with Gasteiger partial charge in [-0.05, 0) is 85.9 Å². The molecule has 0 aromatic rings. The number of rotatable bonds is 4. The van der Waals surface area contributed by atoms with Gasteiger partial charge in [-0.25, -0.2) is 0 Å². The van der Waals surface area contributed by atoms with E-state index in [0.29, 0.717) is 30.1 Å². The Morgan fingerprint density at radius 1 is 0.771 bits per heavy atom. The molecule has 4 fully saturated rings. The maximum atomic E-state index is 12.7. The Morgan fingerprint density at radius 2 is 1.37 bits per heavy atom. The first-order valence-electron chi connectivity index (χ1n) is 14.1. The zero-order valence-electron chi connectivity index (χ0n) is 23.4. The zero-order valence-corrected chi connectivity index (χ0v) is 23.4. The summed E-state index contributed by atoms with van der Waals surface area (Å²) in [6.07, 6.45) is 8.93. The molecule has 0 saturated heterocycles. The summed E-state index contributed by atoms with van der Waals surface area (Å²) >= 11 is 0. The summed E-state index contributed by atoms with van der Waals surface area (Å²) in [6, 6.07) is 0. The molecule has 0 heterocycles. The lowest BCUT2D eigenvalue weighted by molar-refractivity contribution is -0.252. The fourth-order valence-corrected chi connectivity index (χ4v) is 10.3. The van der Waals surface area contributed by atoms with Crippen LogP contribution in [0.25, 0.3) is 0 Å². The van der Waals surface area contributed by atoms with Crippen LogP contribution in [0.3, 0.4) is 0 Å². The Morgan fingerprint density at radius 3 is 1.94 bits per heavy atom. The van der Waals surface area contributed by atoms with Crippen molar-refractivity contribution < 1.29 is 23.9 Å². The Balaban J connectivity index is 1.80. The summed E-state index contributed by atoms with van der Waals surface area (Å²) in [5, 5.41) is 0. The van der Waals surface area contributed by atoms with Crippen molar-refractivity contribution in [2.75, 3.05) is 0 Å². The van der Waals surface area contributed by atoms with Gasteiger partial charge in [0.2, 0.25) is 0 Å². The third kappa shape index (κ3) is 4.07. The molecular formula is C30H48O5. The van der Waals surface area contributed by atoms with Gasteiger partial charge in [-0.3, -0.25) is 14.4 Å². The van der Waals surface area contributed by atoms with Gasteiger partial charge in [-0.2, -0.15) is 0 Å². The summed E-state index contributed by atoms with van der Waals surface area (Å²) in [5.41, 5.74) is 0.307. The highest BCUT2D eigenvalue weighted by molar-refractivity contribution is 5.79. The average molecular weight is 489 g/mol. The second kappa shape index (κ2) is 8.87. The fourth-order valence-electron chi connectivity index (χ4n) is 10.3. The summed E-state index contributed by atoms with van der Waals surface area (Å²) in [5.74, 6) is 0.502. The van der Waals surface area contributed by atoms with Crippen molar-refractivity contribution in [2.24, 2.45) is 45.3 Å². The number of ether oxygens (including phenoxy) is 2. The van der Waals surface area contributed by atoms with E-state index in [1.165, 1.54) is 46.0 Å². The van der Waals surface area contributed by atoms with Crippen LogP contribution < -0.4 is 0 Å². The smallest absolute Gasteiger partial charge is 0.302 e. The molecule has 4 aliphatic carbocycles. The van der Waals surface area contributed by atoms with Crippen LogP contribution in [0, 0.1) is 45.3 Å². The lowest BCUT2D eigenvalue weighted by Crippen LogP contribution is -2.67. The first kappa shape index (κ1) is 26.7. The third-order valence-electron chi connectivity index (χ3n) is 12.0. The first-order valence-corrected chi connectivity index (χ1v) is 14.1. The van der Waals surface area contributed by atoms with Crippen LogP contribution in [0.15, 0.2) is 0 Å². The van der Waals surface area contributed by atoms with Gasteiger partial charge < -0.3 is 9.47 Å². The number of carbonyl (C=O) groups is 3. The largest absolute Gasteiger partial charge is 0.462 e. The van der Waals surface area contributed by atoms with E-state index < -0.39 is 6.10 Å². The highest BCUT2D eigenvalue weighted by Crippen LogP contribution is 2.73. The van der Waals surface area contributed by atoms with Crippen molar-refractivity contribution >= 4 is 17.7 Å². The molecule has 0 unspecified atom stereocenters. The van der Waals surface area contributed by atoms with Gasteiger partial charge in [-0.1, -0.05) is 47.5 Å². The average Bonchev–Trinajstić information content (AvgIpc) is 2.75. The van der Waals surface area contributed by atoms with E-state index in [1.807, 2.05) is 0 Å². The van der Waals surface area contributed by atoms with E-state index in [9.17, 15) is 14.4 Å². The van der Waals surface area contributed by atoms with Crippen LogP contribution in [0.5, 0.6) is 0 Å². The molecule has 0 aromatic carbocycles. The number of fused-ring (bicyclic) bond motifs is 5. The van der Waals surface area contributed by atoms with Crippen LogP contribution in [0.2, 0.25) is 0 Å². The normalized spacial score (nSPS) is 49.1. The third-order valence-corrected chi connectivity index (χ3v) is 12.0. The molecule has 0 spiro atoms. The Bertz CT molecular complexity index is 882. The minimum Gasteiger partial charge on any atom is -0.462 e. The molecular weight excluding hydrogens is 440 g/mol. The van der Waals surface area contributed by atoms with Crippen LogP contribution in [0.4, 0.5) is 0 Å². The molecule has 0 amide bonds. The molecule has 4 rings (SSSR count). The molecule has 198 valence electrons. The molecule has 0 N–H and O–H groups in total. The van der Waals surface area contributed by atoms with E-state index in [1.54, 1.807) is 6.92 Å². The Kier molecular flexibility index (Phi) is 6.76. The van der Waals surface area contributed by atoms with Crippen molar-refractivity contribution in [1.82, 2.24) is 0 Å². The van der Waals surface area contributed by atoms with Gasteiger partial charge >= 0.3 is 11.9 Å². The second-order valence-corrected chi connectivity index (χ2v) is 13.7. The van der Waals surface area contributed by atoms with Crippen molar-refractivity contribution in [1.29, 1.82) is 0 Å². The summed E-state index contributed by atoms with van der Waals surface area (Å²) in [6.45, 7) is 16.7. The SMILES string of the molecule is CC[C@@]1(C)CCC[C@]2(C)[C@H]3C[C@H](OC(C)=O)[C@]4(C)C[C@H](C(C)=O)[C@H](OC(C)=O)C[C@H]4[C@]3(C)CC[C@@H]12. The molecule has 0 bridgehead atoms. The summed E-state index contributed by atoms with van der Waals surface area (Å²) in [4.78, 5) is 37.1. The van der Waals surface area contributed by atoms with Crippen molar-refractivity contribution in [2.45, 2.75) is 125 Å². The minimum atomic E-state index is -0.394. The van der Waals surface area contributed by atoms with E-state index in [0.717, 1.165) is 12.8 Å². The van der Waals surface area contributed by atoms with Crippen molar-refractivity contribution in [3.05, 3.63) is 0 Å². The van der Waals surface area contributed by atoms with Crippen LogP contribution in [-0.2, 0) is 23.9 Å². The van der Waals surface area contributed by atoms with Gasteiger partial charge in [0, 0.05) is 19.3 Å². The molecule has 0 aromatic heterocycles. The first-order chi connectivity index (χ1) is 16.2. The summed E-state index contributed by atoms with van der Waals surface area (Å²) < 4.78 is 12.0. The molecule has 35 heavy (non-hydrogen) atoms. The lowest BCUT2D eigenvalue weighted by atomic mass is 9.34. The number of esters is 2. The highest BCUT2D eigenvalue weighted by atomic mass is 16.5. The van der Waals surface area contributed by atoms with E-state index in [-0.39, 0.29) is 51.9 Å². The topological polar surface area (TPSA) is 69.7 Å². The van der Waals surface area contributed by atoms with Gasteiger partial charge in [0.1, 0.15) is 18.0 Å². The van der Waals surface area contributed by atoms with E-state index in [4.69, 9.17) is 9.47 Å². The molecule has 5 nitrogen and oxygen atoms in total. The standard InChI is InChI=1S/C30H48O5/c1-9-27(5)12-10-13-28(6)23(27)11-14-29(7)24-15-22(34-19(3)32)21(18(2)31)17-30(24,8)26(16-25(28)29)35-20(4)33/h21-26H,9-17H2,1-8H3/t21-,22-,23+,24+,25-,26+,27+,28+,29+,30-/m1/s1. The lowest BCUT2D eigenvalue weighted by Gasteiger charge is -2.71. The second-order valence-electron chi connectivity index (χ2n) is 13.7. The van der Waals surface area contributed by atoms with Crippen LogP contribution in [0.1, 0.15) is 113 Å². The van der Waals surface area contributed by atoms with Gasteiger partial charge in [0.15, 0.2) is 0 Å². The number of ketones is 1.